The lowest BCUT2D eigenvalue weighted by Crippen LogP contribution is -1.97. The van der Waals surface area contributed by atoms with E-state index in [9.17, 15) is 15.3 Å². The van der Waals surface area contributed by atoms with Crippen LogP contribution in [0.5, 0.6) is 28.7 Å². The summed E-state index contributed by atoms with van der Waals surface area (Å²) in [7, 11) is 0. The number of phenols is 3. The van der Waals surface area contributed by atoms with Crippen LogP contribution in [0.1, 0.15) is 11.1 Å². The summed E-state index contributed by atoms with van der Waals surface area (Å²) in [5.41, 5.74) is 1.62. The second-order valence-electron chi connectivity index (χ2n) is 5.55. The lowest BCUT2D eigenvalue weighted by atomic mass is 10.2. The summed E-state index contributed by atoms with van der Waals surface area (Å²) < 4.78 is 11.2. The predicted octanol–water partition coefficient (Wildman–Crippen LogP) is 3.96. The van der Waals surface area contributed by atoms with Crippen molar-refractivity contribution >= 4 is 0 Å². The minimum absolute atomic E-state index is 0.0337. The summed E-state index contributed by atoms with van der Waals surface area (Å²) in [6.45, 7) is 0.503. The molecule has 0 saturated heterocycles. The van der Waals surface area contributed by atoms with Gasteiger partial charge in [0.05, 0.1) is 0 Å². The van der Waals surface area contributed by atoms with Crippen molar-refractivity contribution in [2.45, 2.75) is 13.2 Å². The standard InChI is InChI=1S/C20H18O5/c21-16-5-1-3-14(9-16)12-24-18-7-8-20(19(23)11-18)25-13-15-4-2-6-17(22)10-15/h1-11,21-23H,12-13H2. The Morgan fingerprint density at radius 2 is 1.24 bits per heavy atom. The number of hydrogen-bond acceptors (Lipinski definition) is 5. The first-order valence-electron chi connectivity index (χ1n) is 7.74. The molecule has 0 aromatic heterocycles. The summed E-state index contributed by atoms with van der Waals surface area (Å²) in [5.74, 6) is 1.13. The maximum Gasteiger partial charge on any atom is 0.161 e. The van der Waals surface area contributed by atoms with Crippen molar-refractivity contribution < 1.29 is 24.8 Å². The first-order chi connectivity index (χ1) is 12.1. The topological polar surface area (TPSA) is 79.2 Å². The summed E-state index contributed by atoms with van der Waals surface area (Å²) in [5, 5.41) is 28.9. The number of rotatable bonds is 6. The highest BCUT2D eigenvalue weighted by atomic mass is 16.5. The largest absolute Gasteiger partial charge is 0.508 e. The molecule has 0 fully saturated rings. The number of aromatic hydroxyl groups is 3. The van der Waals surface area contributed by atoms with E-state index in [0.717, 1.165) is 11.1 Å². The van der Waals surface area contributed by atoms with Gasteiger partial charge in [0.1, 0.15) is 30.5 Å². The van der Waals surface area contributed by atoms with Gasteiger partial charge in [0.25, 0.3) is 0 Å². The van der Waals surface area contributed by atoms with Gasteiger partial charge in [0.2, 0.25) is 0 Å². The molecule has 0 spiro atoms. The molecular formula is C20H18O5. The van der Waals surface area contributed by atoms with Crippen molar-refractivity contribution in [3.63, 3.8) is 0 Å². The molecule has 5 nitrogen and oxygen atoms in total. The Kier molecular flexibility index (Phi) is 4.95. The van der Waals surface area contributed by atoms with Gasteiger partial charge in [-0.05, 0) is 47.5 Å². The molecule has 0 heterocycles. The van der Waals surface area contributed by atoms with Crippen LogP contribution in [0.25, 0.3) is 0 Å². The van der Waals surface area contributed by atoms with E-state index in [1.165, 1.54) is 6.07 Å². The van der Waals surface area contributed by atoms with Crippen molar-refractivity contribution in [1.82, 2.24) is 0 Å². The van der Waals surface area contributed by atoms with Crippen molar-refractivity contribution in [3.05, 3.63) is 77.9 Å². The molecule has 0 radical (unpaired) electrons. The number of phenolic OH excluding ortho intramolecular Hbond substituents is 3. The number of ether oxygens (including phenoxy) is 2. The molecule has 3 N–H and O–H groups in total. The van der Waals surface area contributed by atoms with Gasteiger partial charge >= 0.3 is 0 Å². The fourth-order valence-electron chi connectivity index (χ4n) is 2.33. The highest BCUT2D eigenvalue weighted by Gasteiger charge is 2.06. The molecule has 0 bridgehead atoms. The molecule has 0 unspecified atom stereocenters. The fourth-order valence-corrected chi connectivity index (χ4v) is 2.33. The van der Waals surface area contributed by atoms with Crippen LogP contribution in [0.15, 0.2) is 66.7 Å². The molecule has 0 aliphatic heterocycles. The molecule has 128 valence electrons. The lowest BCUT2D eigenvalue weighted by Gasteiger charge is -2.11. The fraction of sp³-hybridized carbons (Fsp3) is 0.100. The predicted molar refractivity (Wildman–Crippen MR) is 93.0 cm³/mol. The van der Waals surface area contributed by atoms with Crippen molar-refractivity contribution in [3.8, 4) is 28.7 Å². The van der Waals surface area contributed by atoms with Crippen LogP contribution in [-0.4, -0.2) is 15.3 Å². The molecule has 5 heteroatoms. The quantitative estimate of drug-likeness (QED) is 0.634. The first kappa shape index (κ1) is 16.5. The lowest BCUT2D eigenvalue weighted by molar-refractivity contribution is 0.281. The van der Waals surface area contributed by atoms with E-state index in [4.69, 9.17) is 9.47 Å². The minimum atomic E-state index is -0.0337. The van der Waals surface area contributed by atoms with Crippen LogP contribution in [0.3, 0.4) is 0 Å². The van der Waals surface area contributed by atoms with Gasteiger partial charge in [-0.1, -0.05) is 24.3 Å². The third-order valence-electron chi connectivity index (χ3n) is 3.55. The van der Waals surface area contributed by atoms with E-state index < -0.39 is 0 Å². The molecule has 3 aromatic rings. The Hall–Kier alpha value is -3.34. The van der Waals surface area contributed by atoms with E-state index >= 15 is 0 Å². The molecule has 0 aliphatic carbocycles. The molecule has 0 aliphatic rings. The minimum Gasteiger partial charge on any atom is -0.508 e. The van der Waals surface area contributed by atoms with E-state index in [1.54, 1.807) is 48.5 Å². The third-order valence-corrected chi connectivity index (χ3v) is 3.55. The molecular weight excluding hydrogens is 320 g/mol. The van der Waals surface area contributed by atoms with Gasteiger partial charge in [0.15, 0.2) is 11.5 Å². The van der Waals surface area contributed by atoms with Crippen LogP contribution in [0, 0.1) is 0 Å². The average Bonchev–Trinajstić information content (AvgIpc) is 2.59. The summed E-state index contributed by atoms with van der Waals surface area (Å²) >= 11 is 0. The Labute approximate surface area is 145 Å². The van der Waals surface area contributed by atoms with Gasteiger partial charge in [-0.25, -0.2) is 0 Å². The van der Waals surface area contributed by atoms with Crippen LogP contribution in [0.4, 0.5) is 0 Å². The van der Waals surface area contributed by atoms with Crippen LogP contribution < -0.4 is 9.47 Å². The Balaban J connectivity index is 1.60. The average molecular weight is 338 g/mol. The van der Waals surface area contributed by atoms with Crippen molar-refractivity contribution in [2.75, 3.05) is 0 Å². The molecule has 0 amide bonds. The van der Waals surface area contributed by atoms with E-state index in [1.807, 2.05) is 12.1 Å². The summed E-state index contributed by atoms with van der Waals surface area (Å²) in [6, 6.07) is 18.3. The molecule has 0 atom stereocenters. The van der Waals surface area contributed by atoms with Crippen LogP contribution in [0.2, 0.25) is 0 Å². The highest BCUT2D eigenvalue weighted by Crippen LogP contribution is 2.31. The van der Waals surface area contributed by atoms with Gasteiger partial charge in [-0.2, -0.15) is 0 Å². The molecule has 0 saturated carbocycles. The Morgan fingerprint density at radius 3 is 1.80 bits per heavy atom. The Bertz CT molecular complexity index is 860. The maximum absolute atomic E-state index is 10.1. The summed E-state index contributed by atoms with van der Waals surface area (Å²) in [4.78, 5) is 0. The maximum atomic E-state index is 10.1. The zero-order valence-corrected chi connectivity index (χ0v) is 13.4. The van der Waals surface area contributed by atoms with Gasteiger partial charge in [0, 0.05) is 6.07 Å². The van der Waals surface area contributed by atoms with Crippen molar-refractivity contribution in [2.24, 2.45) is 0 Å². The summed E-state index contributed by atoms with van der Waals surface area (Å²) in [6.07, 6.45) is 0. The monoisotopic (exact) mass is 338 g/mol. The SMILES string of the molecule is Oc1cccc(COc2ccc(OCc3cccc(O)c3)c(O)c2)c1. The van der Waals surface area contributed by atoms with E-state index in [2.05, 4.69) is 0 Å². The third kappa shape index (κ3) is 4.57. The van der Waals surface area contributed by atoms with E-state index in [0.29, 0.717) is 11.5 Å². The molecule has 3 aromatic carbocycles. The molecule has 25 heavy (non-hydrogen) atoms. The normalized spacial score (nSPS) is 10.4. The van der Waals surface area contributed by atoms with Crippen molar-refractivity contribution in [1.29, 1.82) is 0 Å². The van der Waals surface area contributed by atoms with Crippen LogP contribution in [-0.2, 0) is 13.2 Å². The highest BCUT2D eigenvalue weighted by molar-refractivity contribution is 5.44. The number of hydrogen-bond donors (Lipinski definition) is 3. The second-order valence-corrected chi connectivity index (χ2v) is 5.55. The van der Waals surface area contributed by atoms with E-state index in [-0.39, 0.29) is 30.5 Å². The number of benzene rings is 3. The second kappa shape index (κ2) is 7.49. The van der Waals surface area contributed by atoms with Gasteiger partial charge in [-0.15, -0.1) is 0 Å². The zero-order valence-electron chi connectivity index (χ0n) is 13.4. The van der Waals surface area contributed by atoms with Gasteiger partial charge in [-0.3, -0.25) is 0 Å². The first-order valence-corrected chi connectivity index (χ1v) is 7.74. The van der Waals surface area contributed by atoms with Crippen LogP contribution >= 0.6 is 0 Å². The van der Waals surface area contributed by atoms with Gasteiger partial charge < -0.3 is 24.8 Å². The molecule has 3 rings (SSSR count). The smallest absolute Gasteiger partial charge is 0.161 e. The zero-order chi connectivity index (χ0) is 17.6. The Morgan fingerprint density at radius 1 is 0.640 bits per heavy atom.